The molecule has 0 atom stereocenters. The summed E-state index contributed by atoms with van der Waals surface area (Å²) in [6.07, 6.45) is -3.03. The van der Waals surface area contributed by atoms with Gasteiger partial charge in [-0.2, -0.15) is 13.2 Å². The molecule has 0 fully saturated rings. The first-order chi connectivity index (χ1) is 15.2. The van der Waals surface area contributed by atoms with Gasteiger partial charge in [-0.1, -0.05) is 6.07 Å². The summed E-state index contributed by atoms with van der Waals surface area (Å²) in [7, 11) is 0. The number of ether oxygens (including phenoxy) is 1. The maximum Gasteiger partial charge on any atom is 0.416 e. The number of hydrogen-bond donors (Lipinski definition) is 4. The van der Waals surface area contributed by atoms with Crippen LogP contribution in [0.2, 0.25) is 0 Å². The first kappa shape index (κ1) is 21.0. The number of benzene rings is 2. The van der Waals surface area contributed by atoms with Crippen molar-refractivity contribution in [3.63, 3.8) is 0 Å². The fraction of sp³-hybridized carbons (Fsp3) is 0.0952. The van der Waals surface area contributed by atoms with Crippen LogP contribution in [0.1, 0.15) is 11.1 Å². The van der Waals surface area contributed by atoms with Crippen LogP contribution in [-0.2, 0) is 6.18 Å². The van der Waals surface area contributed by atoms with E-state index in [2.05, 4.69) is 25.6 Å². The third-order valence-corrected chi connectivity index (χ3v) is 4.52. The van der Waals surface area contributed by atoms with E-state index in [4.69, 9.17) is 4.74 Å². The second-order valence-electron chi connectivity index (χ2n) is 6.84. The molecule has 0 aliphatic heterocycles. The number of imidazole rings is 1. The zero-order chi connectivity index (χ0) is 22.9. The Morgan fingerprint density at radius 2 is 1.69 bits per heavy atom. The lowest BCUT2D eigenvalue weighted by molar-refractivity contribution is -0.138. The smallest absolute Gasteiger partial charge is 0.416 e. The number of carbonyl (C=O) groups excluding carboxylic acids is 1. The van der Waals surface area contributed by atoms with Gasteiger partial charge in [0, 0.05) is 23.6 Å². The van der Waals surface area contributed by atoms with E-state index in [1.165, 1.54) is 25.3 Å². The Kier molecular flexibility index (Phi) is 5.31. The molecule has 2 amide bonds. The van der Waals surface area contributed by atoms with Gasteiger partial charge in [0.2, 0.25) is 0 Å². The quantitative estimate of drug-likeness (QED) is 0.355. The number of aromatic nitrogens is 3. The van der Waals surface area contributed by atoms with Gasteiger partial charge in [0.1, 0.15) is 11.3 Å². The Morgan fingerprint density at radius 3 is 2.41 bits per heavy atom. The largest absolute Gasteiger partial charge is 0.455 e. The standard InChI is InChI=1S/C21H16F3N5O3/c1-11-2-3-13(10-15(11)21(22,23)24)27-19(30)26-12-4-6-14(7-5-12)32-16-8-9-25-18-17(16)28-20(31)29-18/h2-10H,1H3,(H2,26,27,30)(H2,25,28,29,31). The molecule has 2 heterocycles. The number of urea groups is 1. The molecule has 4 rings (SSSR count). The summed E-state index contributed by atoms with van der Waals surface area (Å²) in [5.74, 6) is 0.811. The van der Waals surface area contributed by atoms with E-state index in [1.54, 1.807) is 30.3 Å². The van der Waals surface area contributed by atoms with Crippen LogP contribution in [0.25, 0.3) is 11.2 Å². The molecule has 0 spiro atoms. The van der Waals surface area contributed by atoms with Crippen LogP contribution < -0.4 is 21.1 Å². The summed E-state index contributed by atoms with van der Waals surface area (Å²) in [5.41, 5.74) is 0.0169. The molecule has 0 aliphatic rings. The van der Waals surface area contributed by atoms with Gasteiger partial charge in [0.25, 0.3) is 0 Å². The third-order valence-electron chi connectivity index (χ3n) is 4.52. The van der Waals surface area contributed by atoms with Crippen LogP contribution in [-0.4, -0.2) is 21.0 Å². The van der Waals surface area contributed by atoms with Crippen molar-refractivity contribution in [3.8, 4) is 11.5 Å². The van der Waals surface area contributed by atoms with E-state index in [9.17, 15) is 22.8 Å². The third kappa shape index (κ3) is 4.56. The number of nitrogens with zero attached hydrogens (tertiary/aromatic N) is 1. The molecule has 0 unspecified atom stereocenters. The van der Waals surface area contributed by atoms with Crippen LogP contribution in [0.15, 0.2) is 59.5 Å². The molecule has 11 heteroatoms. The number of aryl methyl sites for hydroxylation is 1. The van der Waals surface area contributed by atoms with Crippen LogP contribution in [0, 0.1) is 6.92 Å². The lowest BCUT2D eigenvalue weighted by Crippen LogP contribution is -2.20. The minimum atomic E-state index is -4.51. The summed E-state index contributed by atoms with van der Waals surface area (Å²) in [5, 5.41) is 4.92. The maximum absolute atomic E-state index is 13.0. The van der Waals surface area contributed by atoms with Gasteiger partial charge >= 0.3 is 17.9 Å². The SMILES string of the molecule is Cc1ccc(NC(=O)Nc2ccc(Oc3ccnc4[nH]c(=O)[nH]c34)cc2)cc1C(F)(F)F. The molecule has 164 valence electrons. The molecule has 2 aromatic heterocycles. The van der Waals surface area contributed by atoms with E-state index in [-0.39, 0.29) is 11.3 Å². The highest BCUT2D eigenvalue weighted by molar-refractivity contribution is 5.99. The Labute approximate surface area is 178 Å². The van der Waals surface area contributed by atoms with Crippen LogP contribution in [0.5, 0.6) is 11.5 Å². The molecule has 0 saturated heterocycles. The van der Waals surface area contributed by atoms with Crippen molar-refractivity contribution in [2.24, 2.45) is 0 Å². The molecule has 2 aromatic carbocycles. The van der Waals surface area contributed by atoms with Crippen molar-refractivity contribution >= 4 is 28.6 Å². The fourth-order valence-corrected chi connectivity index (χ4v) is 3.03. The first-order valence-corrected chi connectivity index (χ1v) is 9.30. The number of nitrogens with one attached hydrogen (secondary N) is 4. The summed E-state index contributed by atoms with van der Waals surface area (Å²) >= 11 is 0. The highest BCUT2D eigenvalue weighted by Crippen LogP contribution is 2.33. The van der Waals surface area contributed by atoms with E-state index in [0.717, 1.165) is 6.07 Å². The number of fused-ring (bicyclic) bond motifs is 1. The van der Waals surface area contributed by atoms with Crippen LogP contribution >= 0.6 is 0 Å². The minimum absolute atomic E-state index is 0.0163. The lowest BCUT2D eigenvalue weighted by Gasteiger charge is -2.13. The molecule has 0 aliphatic carbocycles. The van der Waals surface area contributed by atoms with Crippen molar-refractivity contribution < 1.29 is 22.7 Å². The monoisotopic (exact) mass is 443 g/mol. The van der Waals surface area contributed by atoms with E-state index >= 15 is 0 Å². The van der Waals surface area contributed by atoms with Crippen molar-refractivity contribution in [1.82, 2.24) is 15.0 Å². The number of anilines is 2. The highest BCUT2D eigenvalue weighted by Gasteiger charge is 2.32. The molecule has 0 radical (unpaired) electrons. The van der Waals surface area contributed by atoms with E-state index < -0.39 is 23.5 Å². The normalized spacial score (nSPS) is 11.4. The molecule has 4 aromatic rings. The van der Waals surface area contributed by atoms with E-state index in [0.29, 0.717) is 28.4 Å². The average Bonchev–Trinajstić information content (AvgIpc) is 3.11. The summed E-state index contributed by atoms with van der Waals surface area (Å²) in [6, 6.07) is 10.7. The number of hydrogen-bond acceptors (Lipinski definition) is 4. The van der Waals surface area contributed by atoms with Gasteiger partial charge in [-0.15, -0.1) is 0 Å². The number of amides is 2. The molecule has 0 saturated carbocycles. The first-order valence-electron chi connectivity index (χ1n) is 9.30. The number of rotatable bonds is 4. The van der Waals surface area contributed by atoms with Crippen molar-refractivity contribution in [1.29, 1.82) is 0 Å². The zero-order valence-electron chi connectivity index (χ0n) is 16.5. The Morgan fingerprint density at radius 1 is 1.00 bits per heavy atom. The molecular weight excluding hydrogens is 427 g/mol. The van der Waals surface area contributed by atoms with Gasteiger partial charge < -0.3 is 20.4 Å². The molecule has 4 N–H and O–H groups in total. The average molecular weight is 443 g/mol. The summed E-state index contributed by atoms with van der Waals surface area (Å²) < 4.78 is 44.8. The zero-order valence-corrected chi connectivity index (χ0v) is 16.5. The second-order valence-corrected chi connectivity index (χ2v) is 6.84. The molecule has 32 heavy (non-hydrogen) atoms. The minimum Gasteiger partial charge on any atom is -0.455 e. The van der Waals surface area contributed by atoms with Crippen LogP contribution in [0.4, 0.5) is 29.3 Å². The number of carbonyl (C=O) groups is 1. The molecule has 8 nitrogen and oxygen atoms in total. The van der Waals surface area contributed by atoms with Crippen molar-refractivity contribution in [2.75, 3.05) is 10.6 Å². The lowest BCUT2D eigenvalue weighted by atomic mass is 10.1. The summed E-state index contributed by atoms with van der Waals surface area (Å²) in [6.45, 7) is 1.35. The van der Waals surface area contributed by atoms with Gasteiger partial charge in [0.05, 0.1) is 5.56 Å². The topological polar surface area (TPSA) is 112 Å². The van der Waals surface area contributed by atoms with Gasteiger partial charge in [-0.3, -0.25) is 4.98 Å². The van der Waals surface area contributed by atoms with Gasteiger partial charge in [-0.25, -0.2) is 14.6 Å². The van der Waals surface area contributed by atoms with Crippen LogP contribution in [0.3, 0.4) is 0 Å². The number of pyridine rings is 1. The van der Waals surface area contributed by atoms with Crippen molar-refractivity contribution in [3.05, 3.63) is 76.3 Å². The van der Waals surface area contributed by atoms with Gasteiger partial charge in [-0.05, 0) is 48.9 Å². The fourth-order valence-electron chi connectivity index (χ4n) is 3.03. The van der Waals surface area contributed by atoms with E-state index in [1.807, 2.05) is 0 Å². The van der Waals surface area contributed by atoms with Gasteiger partial charge in [0.15, 0.2) is 11.4 Å². The predicted molar refractivity (Wildman–Crippen MR) is 112 cm³/mol. The number of H-pyrrole nitrogens is 2. The number of halogens is 3. The number of aromatic amines is 2. The second kappa shape index (κ2) is 8.10. The maximum atomic E-state index is 13.0. The summed E-state index contributed by atoms with van der Waals surface area (Å²) in [4.78, 5) is 32.8. The Balaban J connectivity index is 1.42. The Bertz CT molecular complexity index is 1340. The predicted octanol–water partition coefficient (Wildman–Crippen LogP) is 5.01. The Hall–Kier alpha value is -4.28. The van der Waals surface area contributed by atoms with Crippen molar-refractivity contribution in [2.45, 2.75) is 13.1 Å². The molecule has 0 bridgehead atoms. The highest BCUT2D eigenvalue weighted by atomic mass is 19.4. The molecular formula is C21H16F3N5O3. The number of alkyl halides is 3.